The molecule has 1 heterocycles. The third kappa shape index (κ3) is 9.09. The Morgan fingerprint density at radius 1 is 1.16 bits per heavy atom. The first-order valence-electron chi connectivity index (χ1n) is 14.1. The molecule has 0 bridgehead atoms. The van der Waals surface area contributed by atoms with E-state index < -0.39 is 0 Å². The summed E-state index contributed by atoms with van der Waals surface area (Å²) in [5.74, 6) is 1.92. The minimum atomic E-state index is -0.0286. The van der Waals surface area contributed by atoms with E-state index in [-0.39, 0.29) is 11.7 Å². The topological polar surface area (TPSA) is 41.9 Å². The van der Waals surface area contributed by atoms with Gasteiger partial charge < -0.3 is 4.74 Å². The number of ether oxygens (including phenoxy) is 1. The van der Waals surface area contributed by atoms with Gasteiger partial charge in [-0.1, -0.05) is 58.1 Å². The van der Waals surface area contributed by atoms with Gasteiger partial charge in [0, 0.05) is 30.4 Å². The Labute approximate surface area is 231 Å². The zero-order valence-electron chi connectivity index (χ0n) is 25.1. The number of allylic oxidation sites excluding steroid dienone is 7. The second-order valence-corrected chi connectivity index (χ2v) is 10.2. The van der Waals surface area contributed by atoms with Gasteiger partial charge in [0.1, 0.15) is 5.75 Å². The van der Waals surface area contributed by atoms with Gasteiger partial charge in [0.25, 0.3) is 0 Å². The maximum atomic E-state index is 12.3. The summed E-state index contributed by atoms with van der Waals surface area (Å²) >= 11 is 0. The minimum Gasteiger partial charge on any atom is -0.462 e. The smallest absolute Gasteiger partial charge is 0.154 e. The zero-order valence-corrected chi connectivity index (χ0v) is 25.1. The van der Waals surface area contributed by atoms with E-state index in [9.17, 15) is 4.79 Å². The summed E-state index contributed by atoms with van der Waals surface area (Å²) in [6, 6.07) is 6.06. The van der Waals surface area contributed by atoms with Gasteiger partial charge in [-0.05, 0) is 101 Å². The molecule has 1 atom stereocenters. The molecule has 1 aromatic rings. The van der Waals surface area contributed by atoms with E-state index >= 15 is 0 Å². The SMILES string of the molecule is C\C=C(/C=C\C(=N/C(=C\C(C)=O)c1ccc(C)c(O/C(C)=C(\C)CC)c1)C(C)CC)C1=CCN(CC)CC1. The molecule has 0 saturated carbocycles. The van der Waals surface area contributed by atoms with Crippen LogP contribution in [0.2, 0.25) is 0 Å². The molecule has 0 fully saturated rings. The van der Waals surface area contributed by atoms with Crippen LogP contribution in [0.1, 0.15) is 85.8 Å². The highest BCUT2D eigenvalue weighted by Gasteiger charge is 2.14. The first-order valence-corrected chi connectivity index (χ1v) is 14.1. The lowest BCUT2D eigenvalue weighted by atomic mass is 9.96. The third-order valence-corrected chi connectivity index (χ3v) is 7.44. The zero-order chi connectivity index (χ0) is 28.2. The van der Waals surface area contributed by atoms with Crippen molar-refractivity contribution in [3.05, 3.63) is 82.2 Å². The van der Waals surface area contributed by atoms with E-state index in [1.165, 1.54) is 16.7 Å². The van der Waals surface area contributed by atoms with E-state index in [2.05, 4.69) is 70.7 Å². The first kappa shape index (κ1) is 31.2. The van der Waals surface area contributed by atoms with Crippen LogP contribution in [0.3, 0.4) is 0 Å². The van der Waals surface area contributed by atoms with Crippen LogP contribution in [0.25, 0.3) is 5.70 Å². The second kappa shape index (κ2) is 15.4. The molecule has 1 unspecified atom stereocenters. The average molecular weight is 517 g/mol. The van der Waals surface area contributed by atoms with Gasteiger partial charge >= 0.3 is 0 Å². The van der Waals surface area contributed by atoms with Crippen molar-refractivity contribution < 1.29 is 9.53 Å². The molecular formula is C34H48N2O2. The fourth-order valence-electron chi connectivity index (χ4n) is 4.23. The van der Waals surface area contributed by atoms with E-state index in [1.807, 2.05) is 32.0 Å². The summed E-state index contributed by atoms with van der Waals surface area (Å²) in [5.41, 5.74) is 7.39. The lowest BCUT2D eigenvalue weighted by Gasteiger charge is -2.25. The highest BCUT2D eigenvalue weighted by atomic mass is 16.5. The molecule has 0 amide bonds. The fraction of sp³-hybridized carbons (Fsp3) is 0.471. The van der Waals surface area contributed by atoms with Crippen molar-refractivity contribution in [3.63, 3.8) is 0 Å². The van der Waals surface area contributed by atoms with E-state index in [1.54, 1.807) is 13.0 Å². The summed E-state index contributed by atoms with van der Waals surface area (Å²) in [5, 5.41) is 0. The Balaban J connectivity index is 2.50. The van der Waals surface area contributed by atoms with Crippen LogP contribution in [0, 0.1) is 12.8 Å². The summed E-state index contributed by atoms with van der Waals surface area (Å²) in [6.45, 7) is 21.7. The van der Waals surface area contributed by atoms with Crippen LogP contribution in [0.4, 0.5) is 0 Å². The Morgan fingerprint density at radius 3 is 2.45 bits per heavy atom. The second-order valence-electron chi connectivity index (χ2n) is 10.2. The number of carbonyl (C=O) groups is 1. The molecule has 1 aliphatic heterocycles. The molecule has 2 rings (SSSR count). The van der Waals surface area contributed by atoms with Crippen LogP contribution in [-0.4, -0.2) is 36.0 Å². The maximum absolute atomic E-state index is 12.3. The quantitative estimate of drug-likeness (QED) is 0.121. The summed E-state index contributed by atoms with van der Waals surface area (Å²) in [7, 11) is 0. The van der Waals surface area contributed by atoms with Crippen molar-refractivity contribution in [3.8, 4) is 5.75 Å². The molecule has 0 saturated heterocycles. The lowest BCUT2D eigenvalue weighted by Crippen LogP contribution is -2.28. The molecule has 38 heavy (non-hydrogen) atoms. The van der Waals surface area contributed by atoms with Crippen molar-refractivity contribution in [1.29, 1.82) is 0 Å². The number of carbonyl (C=O) groups excluding carboxylic acids is 1. The fourth-order valence-corrected chi connectivity index (χ4v) is 4.23. The van der Waals surface area contributed by atoms with Crippen molar-refractivity contribution in [2.24, 2.45) is 10.9 Å². The number of aryl methyl sites for hydroxylation is 1. The van der Waals surface area contributed by atoms with Crippen molar-refractivity contribution >= 4 is 17.2 Å². The Morgan fingerprint density at radius 2 is 1.89 bits per heavy atom. The summed E-state index contributed by atoms with van der Waals surface area (Å²) in [6.07, 6.45) is 13.4. The molecule has 0 aliphatic carbocycles. The van der Waals surface area contributed by atoms with Crippen LogP contribution >= 0.6 is 0 Å². The van der Waals surface area contributed by atoms with Gasteiger partial charge in [-0.2, -0.15) is 0 Å². The standard InChI is InChI=1S/C34H48N2O2/c1-10-24(5)28(9)38-34-23-31(15-14-26(34)7)33(22-27(8)37)35-32(25(6)11-2)17-16-29(12-3)30-18-20-36(13-4)21-19-30/h12,14-18,22-23,25H,10-11,13,19-21H2,1-9H3/b17-16-,28-24+,29-12+,33-22-,35-32+. The Hall–Kier alpha value is -2.98. The molecule has 0 spiro atoms. The number of nitrogens with zero attached hydrogens (tertiary/aromatic N) is 2. The molecular weight excluding hydrogens is 468 g/mol. The normalized spacial score (nSPS) is 17.4. The van der Waals surface area contributed by atoms with Crippen LogP contribution < -0.4 is 4.74 Å². The number of rotatable bonds is 12. The summed E-state index contributed by atoms with van der Waals surface area (Å²) < 4.78 is 6.23. The third-order valence-electron chi connectivity index (χ3n) is 7.44. The van der Waals surface area contributed by atoms with E-state index in [0.29, 0.717) is 5.70 Å². The van der Waals surface area contributed by atoms with Gasteiger partial charge in [-0.3, -0.25) is 14.7 Å². The number of ketones is 1. The number of benzene rings is 1. The van der Waals surface area contributed by atoms with Crippen LogP contribution in [-0.2, 0) is 4.79 Å². The van der Waals surface area contributed by atoms with E-state index in [4.69, 9.17) is 9.73 Å². The summed E-state index contributed by atoms with van der Waals surface area (Å²) in [4.78, 5) is 19.8. The molecule has 4 heteroatoms. The van der Waals surface area contributed by atoms with Gasteiger partial charge in [-0.25, -0.2) is 0 Å². The van der Waals surface area contributed by atoms with Gasteiger partial charge in [0.15, 0.2) is 5.78 Å². The largest absolute Gasteiger partial charge is 0.462 e. The van der Waals surface area contributed by atoms with Crippen molar-refractivity contribution in [2.75, 3.05) is 19.6 Å². The van der Waals surface area contributed by atoms with Crippen molar-refractivity contribution in [2.45, 2.75) is 81.6 Å². The molecule has 4 nitrogen and oxygen atoms in total. The predicted molar refractivity (Wildman–Crippen MR) is 164 cm³/mol. The Kier molecular flexibility index (Phi) is 12.7. The number of hydrogen-bond donors (Lipinski definition) is 0. The number of aliphatic imine (C=N–C) groups is 1. The maximum Gasteiger partial charge on any atom is 0.154 e. The average Bonchev–Trinajstić information content (AvgIpc) is 2.92. The predicted octanol–water partition coefficient (Wildman–Crippen LogP) is 8.65. The molecule has 206 valence electrons. The van der Waals surface area contributed by atoms with Gasteiger partial charge in [0.05, 0.1) is 11.5 Å². The van der Waals surface area contributed by atoms with Gasteiger partial charge in [0.2, 0.25) is 0 Å². The molecule has 0 aromatic heterocycles. The van der Waals surface area contributed by atoms with Crippen LogP contribution in [0.5, 0.6) is 5.75 Å². The van der Waals surface area contributed by atoms with Gasteiger partial charge in [-0.15, -0.1) is 0 Å². The monoisotopic (exact) mass is 516 g/mol. The van der Waals surface area contributed by atoms with Crippen LogP contribution in [0.15, 0.2) is 76.1 Å². The number of hydrogen-bond acceptors (Lipinski definition) is 4. The lowest BCUT2D eigenvalue weighted by molar-refractivity contribution is -0.112. The molecule has 1 aliphatic rings. The minimum absolute atomic E-state index is 0.0286. The van der Waals surface area contributed by atoms with Crippen molar-refractivity contribution in [1.82, 2.24) is 4.90 Å². The number of likely N-dealkylation sites (N-methyl/N-ethyl adjacent to an activating group) is 1. The van der Waals surface area contributed by atoms with E-state index in [0.717, 1.165) is 67.2 Å². The molecule has 0 radical (unpaired) electrons. The molecule has 1 aromatic carbocycles. The highest BCUT2D eigenvalue weighted by Crippen LogP contribution is 2.28. The first-order chi connectivity index (χ1) is 18.1. The highest BCUT2D eigenvalue weighted by molar-refractivity contribution is 6.03. The Bertz CT molecular complexity index is 1160. The molecule has 0 N–H and O–H groups in total.